The van der Waals surface area contributed by atoms with Crippen LogP contribution < -0.4 is 5.32 Å². The number of methoxy groups -OCH3 is 1. The highest BCUT2D eigenvalue weighted by Gasteiger charge is 2.24. The first-order valence-corrected chi connectivity index (χ1v) is 4.44. The van der Waals surface area contributed by atoms with Crippen molar-refractivity contribution in [1.82, 2.24) is 5.32 Å². The molecule has 0 saturated heterocycles. The first-order chi connectivity index (χ1) is 6.40. The topological polar surface area (TPSA) is 55.4 Å². The molecule has 1 atom stereocenters. The molecule has 0 bridgehead atoms. The van der Waals surface area contributed by atoms with Crippen molar-refractivity contribution in [2.24, 2.45) is 5.92 Å². The molecular formula is C10H17NO3. The molecule has 4 heteroatoms. The summed E-state index contributed by atoms with van der Waals surface area (Å²) in [4.78, 5) is 22.5. The van der Waals surface area contributed by atoms with Gasteiger partial charge in [0.25, 0.3) is 0 Å². The van der Waals surface area contributed by atoms with Crippen LogP contribution in [0.3, 0.4) is 0 Å². The maximum Gasteiger partial charge on any atom is 0.328 e. The molecule has 4 nitrogen and oxygen atoms in total. The Hall–Kier alpha value is -1.32. The summed E-state index contributed by atoms with van der Waals surface area (Å²) in [5, 5.41) is 2.55. The van der Waals surface area contributed by atoms with Crippen LogP contribution in [0.4, 0.5) is 0 Å². The zero-order chi connectivity index (χ0) is 11.3. The van der Waals surface area contributed by atoms with Gasteiger partial charge in [0, 0.05) is 5.57 Å². The lowest BCUT2D eigenvalue weighted by Crippen LogP contribution is -2.45. The number of nitrogens with one attached hydrogen (secondary N) is 1. The van der Waals surface area contributed by atoms with Gasteiger partial charge in [-0.3, -0.25) is 4.79 Å². The Morgan fingerprint density at radius 1 is 1.36 bits per heavy atom. The van der Waals surface area contributed by atoms with Crippen LogP contribution in [0.5, 0.6) is 0 Å². The average molecular weight is 199 g/mol. The fraction of sp³-hybridized carbons (Fsp3) is 0.600. The molecule has 0 aromatic rings. The number of hydrogen-bond acceptors (Lipinski definition) is 3. The minimum Gasteiger partial charge on any atom is -0.467 e. The van der Waals surface area contributed by atoms with Gasteiger partial charge in [0.1, 0.15) is 6.04 Å². The van der Waals surface area contributed by atoms with Crippen molar-refractivity contribution in [3.8, 4) is 0 Å². The summed E-state index contributed by atoms with van der Waals surface area (Å²) in [6.07, 6.45) is 0. The molecule has 0 aromatic carbocycles. The third-order valence-corrected chi connectivity index (χ3v) is 1.80. The van der Waals surface area contributed by atoms with Gasteiger partial charge in [-0.25, -0.2) is 4.79 Å². The predicted molar refractivity (Wildman–Crippen MR) is 53.6 cm³/mol. The number of carbonyl (C=O) groups excluding carboxylic acids is 2. The molecule has 0 aliphatic carbocycles. The number of amides is 1. The van der Waals surface area contributed by atoms with Crippen LogP contribution in [-0.2, 0) is 14.3 Å². The van der Waals surface area contributed by atoms with Crippen molar-refractivity contribution in [3.05, 3.63) is 12.2 Å². The van der Waals surface area contributed by atoms with Crippen molar-refractivity contribution >= 4 is 11.9 Å². The summed E-state index contributed by atoms with van der Waals surface area (Å²) >= 11 is 0. The van der Waals surface area contributed by atoms with E-state index < -0.39 is 12.0 Å². The van der Waals surface area contributed by atoms with E-state index in [9.17, 15) is 9.59 Å². The molecule has 0 rings (SSSR count). The third-order valence-electron chi connectivity index (χ3n) is 1.80. The van der Waals surface area contributed by atoms with Gasteiger partial charge >= 0.3 is 5.97 Å². The van der Waals surface area contributed by atoms with Crippen molar-refractivity contribution in [3.63, 3.8) is 0 Å². The maximum atomic E-state index is 11.3. The van der Waals surface area contributed by atoms with Gasteiger partial charge in [0.05, 0.1) is 7.11 Å². The lowest BCUT2D eigenvalue weighted by Gasteiger charge is -2.19. The van der Waals surface area contributed by atoms with E-state index in [1.54, 1.807) is 6.92 Å². The molecular weight excluding hydrogens is 182 g/mol. The average Bonchev–Trinajstić information content (AvgIpc) is 2.11. The predicted octanol–water partition coefficient (Wildman–Crippen LogP) is 0.876. The van der Waals surface area contributed by atoms with Crippen molar-refractivity contribution < 1.29 is 14.3 Å². The molecule has 1 amide bonds. The largest absolute Gasteiger partial charge is 0.467 e. The Morgan fingerprint density at radius 2 is 1.86 bits per heavy atom. The highest BCUT2D eigenvalue weighted by atomic mass is 16.5. The molecule has 1 N–H and O–H groups in total. The minimum atomic E-state index is -0.607. The molecule has 1 unspecified atom stereocenters. The molecule has 80 valence electrons. The van der Waals surface area contributed by atoms with Crippen LogP contribution in [0.1, 0.15) is 20.8 Å². The van der Waals surface area contributed by atoms with Gasteiger partial charge in [0.15, 0.2) is 0 Å². The number of carbonyl (C=O) groups is 2. The first-order valence-electron chi connectivity index (χ1n) is 4.44. The highest BCUT2D eigenvalue weighted by Crippen LogP contribution is 2.04. The highest BCUT2D eigenvalue weighted by molar-refractivity contribution is 5.95. The summed E-state index contributed by atoms with van der Waals surface area (Å²) in [6.45, 7) is 8.74. The van der Waals surface area contributed by atoms with E-state index in [0.717, 1.165) is 0 Å². The Bertz CT molecular complexity index is 246. The fourth-order valence-electron chi connectivity index (χ4n) is 0.889. The Balaban J connectivity index is 4.46. The summed E-state index contributed by atoms with van der Waals surface area (Å²) in [7, 11) is 1.30. The van der Waals surface area contributed by atoms with Gasteiger partial charge in [-0.2, -0.15) is 0 Å². The van der Waals surface area contributed by atoms with E-state index in [1.807, 2.05) is 13.8 Å². The summed E-state index contributed by atoms with van der Waals surface area (Å²) in [6, 6.07) is -0.607. The summed E-state index contributed by atoms with van der Waals surface area (Å²) < 4.78 is 4.57. The second-order valence-corrected chi connectivity index (χ2v) is 3.50. The van der Waals surface area contributed by atoms with Crippen LogP contribution in [0.25, 0.3) is 0 Å². The molecule has 0 fully saturated rings. The maximum absolute atomic E-state index is 11.3. The number of ether oxygens (including phenoxy) is 1. The molecule has 0 aliphatic rings. The second kappa shape index (κ2) is 5.42. The van der Waals surface area contributed by atoms with E-state index in [4.69, 9.17) is 0 Å². The molecule has 0 heterocycles. The van der Waals surface area contributed by atoms with E-state index in [-0.39, 0.29) is 11.8 Å². The standard InChI is InChI=1S/C10H17NO3/c1-6(2)8(10(13)14-5)11-9(12)7(3)4/h6,8H,3H2,1-2,4-5H3,(H,11,12). The Labute approximate surface area is 84.3 Å². The normalized spacial score (nSPS) is 12.1. The van der Waals surface area contributed by atoms with Gasteiger partial charge in [-0.05, 0) is 12.8 Å². The number of hydrogen-bond donors (Lipinski definition) is 1. The molecule has 14 heavy (non-hydrogen) atoms. The Kier molecular flexibility index (Phi) is 4.91. The zero-order valence-corrected chi connectivity index (χ0v) is 9.09. The van der Waals surface area contributed by atoms with Gasteiger partial charge < -0.3 is 10.1 Å². The van der Waals surface area contributed by atoms with Crippen LogP contribution in [0, 0.1) is 5.92 Å². The van der Waals surface area contributed by atoms with Crippen molar-refractivity contribution in [2.45, 2.75) is 26.8 Å². The SMILES string of the molecule is C=C(C)C(=O)NC(C(=O)OC)C(C)C. The summed E-state index contributed by atoms with van der Waals surface area (Å²) in [5.41, 5.74) is 0.375. The quantitative estimate of drug-likeness (QED) is 0.540. The first kappa shape index (κ1) is 12.7. The van der Waals surface area contributed by atoms with Crippen LogP contribution in [0.2, 0.25) is 0 Å². The number of rotatable bonds is 4. The third kappa shape index (κ3) is 3.60. The van der Waals surface area contributed by atoms with E-state index in [0.29, 0.717) is 5.57 Å². The lowest BCUT2D eigenvalue weighted by molar-refractivity contribution is -0.145. The molecule has 0 spiro atoms. The van der Waals surface area contributed by atoms with Crippen LogP contribution >= 0.6 is 0 Å². The van der Waals surface area contributed by atoms with Crippen LogP contribution in [-0.4, -0.2) is 25.0 Å². The van der Waals surface area contributed by atoms with E-state index in [1.165, 1.54) is 7.11 Å². The zero-order valence-electron chi connectivity index (χ0n) is 9.09. The summed E-state index contributed by atoms with van der Waals surface area (Å²) in [5.74, 6) is -0.769. The van der Waals surface area contributed by atoms with E-state index >= 15 is 0 Å². The molecule has 0 aromatic heterocycles. The molecule has 0 aliphatic heterocycles. The van der Waals surface area contributed by atoms with Gasteiger partial charge in [-0.1, -0.05) is 20.4 Å². The van der Waals surface area contributed by atoms with Crippen molar-refractivity contribution in [2.75, 3.05) is 7.11 Å². The second-order valence-electron chi connectivity index (χ2n) is 3.50. The van der Waals surface area contributed by atoms with Crippen LogP contribution in [0.15, 0.2) is 12.2 Å². The number of esters is 1. The van der Waals surface area contributed by atoms with Gasteiger partial charge in [-0.15, -0.1) is 0 Å². The lowest BCUT2D eigenvalue weighted by atomic mass is 10.0. The molecule has 0 saturated carbocycles. The smallest absolute Gasteiger partial charge is 0.328 e. The van der Waals surface area contributed by atoms with Crippen molar-refractivity contribution in [1.29, 1.82) is 0 Å². The Morgan fingerprint density at radius 3 is 2.14 bits per heavy atom. The monoisotopic (exact) mass is 199 g/mol. The van der Waals surface area contributed by atoms with E-state index in [2.05, 4.69) is 16.6 Å². The fourth-order valence-corrected chi connectivity index (χ4v) is 0.889. The van der Waals surface area contributed by atoms with Gasteiger partial charge in [0.2, 0.25) is 5.91 Å². The molecule has 0 radical (unpaired) electrons. The minimum absolute atomic E-state index is 0.00856.